The second kappa shape index (κ2) is 5.96. The maximum absolute atomic E-state index is 9.36. The average molecular weight is 261 g/mol. The van der Waals surface area contributed by atoms with Gasteiger partial charge in [0.2, 0.25) is 0 Å². The zero-order valence-corrected chi connectivity index (χ0v) is 11.9. The number of hydrogen-bond acceptors (Lipinski definition) is 4. The molecule has 0 atom stereocenters. The van der Waals surface area contributed by atoms with Gasteiger partial charge in [-0.3, -0.25) is 0 Å². The van der Waals surface area contributed by atoms with Crippen LogP contribution < -0.4 is 10.6 Å². The van der Waals surface area contributed by atoms with Crippen LogP contribution in [0.3, 0.4) is 0 Å². The van der Waals surface area contributed by atoms with E-state index < -0.39 is 0 Å². The van der Waals surface area contributed by atoms with Crippen LogP contribution in [0.2, 0.25) is 0 Å². The fourth-order valence-electron chi connectivity index (χ4n) is 2.78. The molecule has 0 unspecified atom stereocenters. The summed E-state index contributed by atoms with van der Waals surface area (Å²) in [6.45, 7) is 6.21. The van der Waals surface area contributed by atoms with Crippen molar-refractivity contribution in [1.82, 2.24) is 9.78 Å². The van der Waals surface area contributed by atoms with E-state index in [-0.39, 0.29) is 6.04 Å². The Hall–Kier alpha value is -1.70. The highest BCUT2D eigenvalue weighted by Gasteiger charge is 2.24. The van der Waals surface area contributed by atoms with Gasteiger partial charge in [-0.25, -0.2) is 4.68 Å². The lowest BCUT2D eigenvalue weighted by atomic mass is 10.1. The van der Waals surface area contributed by atoms with E-state index in [9.17, 15) is 5.26 Å². The summed E-state index contributed by atoms with van der Waals surface area (Å²) in [6, 6.07) is 2.52. The predicted octanol–water partition coefficient (Wildman–Crippen LogP) is 2.69. The molecular weight excluding hydrogens is 238 g/mol. The van der Waals surface area contributed by atoms with Crippen molar-refractivity contribution in [3.05, 3.63) is 5.56 Å². The summed E-state index contributed by atoms with van der Waals surface area (Å²) in [5.41, 5.74) is 6.67. The van der Waals surface area contributed by atoms with Gasteiger partial charge in [-0.1, -0.05) is 13.8 Å². The third-order valence-electron chi connectivity index (χ3n) is 3.98. The first-order valence-corrected chi connectivity index (χ1v) is 7.25. The Morgan fingerprint density at radius 1 is 1.26 bits per heavy atom. The van der Waals surface area contributed by atoms with Gasteiger partial charge in [-0.2, -0.15) is 10.4 Å². The van der Waals surface area contributed by atoms with Crippen molar-refractivity contribution in [3.8, 4) is 6.07 Å². The van der Waals surface area contributed by atoms with Gasteiger partial charge in [0.1, 0.15) is 17.5 Å². The maximum Gasteiger partial charge on any atom is 0.170 e. The van der Waals surface area contributed by atoms with E-state index in [1.807, 2.05) is 4.68 Å². The molecule has 1 aromatic heterocycles. The number of rotatable bonds is 4. The molecule has 0 spiro atoms. The first-order chi connectivity index (χ1) is 9.22. The molecule has 0 aliphatic carbocycles. The smallest absolute Gasteiger partial charge is 0.170 e. The Bertz CT molecular complexity index is 461. The molecule has 2 heterocycles. The third kappa shape index (κ3) is 2.53. The average Bonchev–Trinajstić information content (AvgIpc) is 2.78. The Labute approximate surface area is 115 Å². The molecule has 2 N–H and O–H groups in total. The van der Waals surface area contributed by atoms with Crippen LogP contribution in [0.15, 0.2) is 0 Å². The Morgan fingerprint density at radius 3 is 2.42 bits per heavy atom. The van der Waals surface area contributed by atoms with Gasteiger partial charge < -0.3 is 10.6 Å². The molecule has 0 amide bonds. The zero-order chi connectivity index (χ0) is 13.8. The molecular formula is C14H23N5. The van der Waals surface area contributed by atoms with Crippen molar-refractivity contribution in [3.63, 3.8) is 0 Å². The second-order valence-electron chi connectivity index (χ2n) is 5.16. The van der Waals surface area contributed by atoms with Gasteiger partial charge in [0.05, 0.1) is 6.04 Å². The van der Waals surface area contributed by atoms with Gasteiger partial charge in [0.25, 0.3) is 0 Å². The number of nitriles is 1. The van der Waals surface area contributed by atoms with Crippen LogP contribution in [-0.2, 0) is 0 Å². The quantitative estimate of drug-likeness (QED) is 0.904. The number of hydrogen-bond donors (Lipinski definition) is 1. The molecule has 0 aromatic carbocycles. The first-order valence-electron chi connectivity index (χ1n) is 7.25. The Morgan fingerprint density at radius 2 is 1.89 bits per heavy atom. The maximum atomic E-state index is 9.36. The number of piperidine rings is 1. The molecule has 1 aliphatic rings. The molecule has 2 rings (SSSR count). The lowest BCUT2D eigenvalue weighted by molar-refractivity contribution is 0.433. The fourth-order valence-corrected chi connectivity index (χ4v) is 2.78. The molecule has 1 aliphatic heterocycles. The summed E-state index contributed by atoms with van der Waals surface area (Å²) in [7, 11) is 0. The highest BCUT2D eigenvalue weighted by molar-refractivity contribution is 5.65. The summed E-state index contributed by atoms with van der Waals surface area (Å²) >= 11 is 0. The molecule has 104 valence electrons. The molecule has 1 fully saturated rings. The second-order valence-corrected chi connectivity index (χ2v) is 5.16. The molecule has 5 heteroatoms. The lowest BCUT2D eigenvalue weighted by Crippen LogP contribution is -2.30. The molecule has 0 radical (unpaired) electrons. The minimum atomic E-state index is 0.283. The monoisotopic (exact) mass is 261 g/mol. The van der Waals surface area contributed by atoms with Gasteiger partial charge in [-0.05, 0) is 32.1 Å². The number of nitrogen functional groups attached to an aromatic ring is 1. The Kier molecular flexibility index (Phi) is 4.31. The lowest BCUT2D eigenvalue weighted by Gasteiger charge is -2.26. The van der Waals surface area contributed by atoms with Crippen LogP contribution >= 0.6 is 0 Å². The van der Waals surface area contributed by atoms with Crippen LogP contribution in [-0.4, -0.2) is 22.9 Å². The van der Waals surface area contributed by atoms with E-state index in [0.717, 1.165) is 31.7 Å². The molecule has 19 heavy (non-hydrogen) atoms. The van der Waals surface area contributed by atoms with Gasteiger partial charge in [0.15, 0.2) is 5.82 Å². The highest BCUT2D eigenvalue weighted by Crippen LogP contribution is 2.30. The van der Waals surface area contributed by atoms with E-state index >= 15 is 0 Å². The van der Waals surface area contributed by atoms with E-state index in [4.69, 9.17) is 5.73 Å². The predicted molar refractivity (Wildman–Crippen MR) is 77.0 cm³/mol. The van der Waals surface area contributed by atoms with E-state index in [1.165, 1.54) is 19.3 Å². The molecule has 1 aromatic rings. The summed E-state index contributed by atoms with van der Waals surface area (Å²) in [4.78, 5) is 2.21. The summed E-state index contributed by atoms with van der Waals surface area (Å²) in [5.74, 6) is 1.31. The van der Waals surface area contributed by atoms with Crippen molar-refractivity contribution in [2.75, 3.05) is 23.7 Å². The highest BCUT2D eigenvalue weighted by atomic mass is 15.4. The number of aromatic nitrogens is 2. The zero-order valence-electron chi connectivity index (χ0n) is 11.9. The van der Waals surface area contributed by atoms with Crippen molar-refractivity contribution >= 4 is 11.6 Å². The van der Waals surface area contributed by atoms with Gasteiger partial charge in [-0.15, -0.1) is 0 Å². The number of nitrogens with zero attached hydrogens (tertiary/aromatic N) is 4. The minimum Gasteiger partial charge on any atom is -0.383 e. The molecule has 0 bridgehead atoms. The minimum absolute atomic E-state index is 0.283. The number of nitrogens with two attached hydrogens (primary N) is 1. The van der Waals surface area contributed by atoms with Crippen LogP contribution in [0.1, 0.15) is 57.6 Å². The topological polar surface area (TPSA) is 70.9 Å². The molecule has 5 nitrogen and oxygen atoms in total. The molecule has 1 saturated heterocycles. The third-order valence-corrected chi connectivity index (χ3v) is 3.98. The summed E-state index contributed by atoms with van der Waals surface area (Å²) in [6.07, 6.45) is 5.56. The van der Waals surface area contributed by atoms with E-state index in [1.54, 1.807) is 0 Å². The van der Waals surface area contributed by atoms with Crippen LogP contribution in [0.4, 0.5) is 11.6 Å². The van der Waals surface area contributed by atoms with Crippen molar-refractivity contribution < 1.29 is 0 Å². The van der Waals surface area contributed by atoms with Crippen LogP contribution in [0.5, 0.6) is 0 Å². The SMILES string of the molecule is CCC(CC)n1nc(N2CCCCC2)c(C#N)c1N. The Balaban J connectivity index is 2.38. The fraction of sp³-hybridized carbons (Fsp3) is 0.714. The van der Waals surface area contributed by atoms with Crippen molar-refractivity contribution in [2.24, 2.45) is 0 Å². The van der Waals surface area contributed by atoms with E-state index in [0.29, 0.717) is 11.4 Å². The number of anilines is 2. The van der Waals surface area contributed by atoms with Crippen LogP contribution in [0.25, 0.3) is 0 Å². The van der Waals surface area contributed by atoms with Crippen molar-refractivity contribution in [2.45, 2.75) is 52.0 Å². The van der Waals surface area contributed by atoms with Crippen molar-refractivity contribution in [1.29, 1.82) is 5.26 Å². The normalized spacial score (nSPS) is 15.8. The van der Waals surface area contributed by atoms with E-state index in [2.05, 4.69) is 29.9 Å². The molecule has 0 saturated carbocycles. The standard InChI is InChI=1S/C14H23N5/c1-3-11(4-2)19-13(16)12(10-15)14(17-19)18-8-6-5-7-9-18/h11H,3-9,16H2,1-2H3. The van der Waals surface area contributed by atoms with Gasteiger partial charge >= 0.3 is 0 Å². The van der Waals surface area contributed by atoms with Gasteiger partial charge in [0, 0.05) is 13.1 Å². The summed E-state index contributed by atoms with van der Waals surface area (Å²) in [5, 5.41) is 14.0. The first kappa shape index (κ1) is 13.7. The largest absolute Gasteiger partial charge is 0.383 e. The summed E-state index contributed by atoms with van der Waals surface area (Å²) < 4.78 is 1.85. The van der Waals surface area contributed by atoms with Crippen LogP contribution in [0, 0.1) is 11.3 Å².